The predicted octanol–water partition coefficient (Wildman–Crippen LogP) is 4.89. The van der Waals surface area contributed by atoms with Crippen LogP contribution in [0.5, 0.6) is 0 Å². The minimum Gasteiger partial charge on any atom is -0.478 e. The van der Waals surface area contributed by atoms with E-state index in [1.165, 1.54) is 30.0 Å². The van der Waals surface area contributed by atoms with Gasteiger partial charge >= 0.3 is 5.97 Å². The summed E-state index contributed by atoms with van der Waals surface area (Å²) in [6, 6.07) is 8.67. The Bertz CT molecular complexity index is 1100. The van der Waals surface area contributed by atoms with Gasteiger partial charge in [-0.25, -0.2) is 4.79 Å². The molecule has 162 valence electrons. The number of thioether (sulfide) groups is 1. The van der Waals surface area contributed by atoms with Crippen LogP contribution in [0.15, 0.2) is 41.3 Å². The van der Waals surface area contributed by atoms with Crippen LogP contribution in [0.2, 0.25) is 0 Å². The number of rotatable bonds is 5. The van der Waals surface area contributed by atoms with Gasteiger partial charge in [-0.15, -0.1) is 23.4 Å². The number of carboxylic acids is 1. The molecule has 1 fully saturated rings. The number of hydrogen-bond donors (Lipinski definition) is 2. The second-order valence-electron chi connectivity index (χ2n) is 7.67. The average molecular weight is 464 g/mol. The van der Waals surface area contributed by atoms with Gasteiger partial charge in [0.25, 0.3) is 11.4 Å². The van der Waals surface area contributed by atoms with E-state index >= 15 is 0 Å². The number of anilines is 1. The van der Waals surface area contributed by atoms with E-state index in [0.717, 1.165) is 0 Å². The number of carboxylic acid groups (broad SMARTS) is 1. The van der Waals surface area contributed by atoms with Crippen molar-refractivity contribution in [2.24, 2.45) is 5.92 Å². The molecule has 0 spiro atoms. The third-order valence-electron chi connectivity index (χ3n) is 6.00. The van der Waals surface area contributed by atoms with Gasteiger partial charge in [-0.3, -0.25) is 20.2 Å². The van der Waals surface area contributed by atoms with Gasteiger partial charge in [0.2, 0.25) is 0 Å². The molecule has 0 saturated heterocycles. The van der Waals surface area contributed by atoms with Gasteiger partial charge in [-0.1, -0.05) is 12.1 Å². The van der Waals surface area contributed by atoms with E-state index in [2.05, 4.69) is 5.32 Å². The van der Waals surface area contributed by atoms with Crippen molar-refractivity contribution in [1.82, 2.24) is 0 Å². The van der Waals surface area contributed by atoms with Crippen molar-refractivity contribution in [2.75, 3.05) is 5.32 Å². The zero-order valence-electron chi connectivity index (χ0n) is 16.2. The van der Waals surface area contributed by atoms with Gasteiger partial charge in [0, 0.05) is 29.3 Å². The first-order valence-corrected chi connectivity index (χ1v) is 10.9. The van der Waals surface area contributed by atoms with Gasteiger partial charge in [-0.2, -0.15) is 0 Å². The summed E-state index contributed by atoms with van der Waals surface area (Å²) < 4.78 is 0. The second-order valence-corrected chi connectivity index (χ2v) is 9.45. The van der Waals surface area contributed by atoms with Gasteiger partial charge in [0.1, 0.15) is 0 Å². The van der Waals surface area contributed by atoms with E-state index in [9.17, 15) is 30.1 Å². The Kier molecular flexibility index (Phi) is 5.52. The number of aromatic carboxylic acids is 1. The quantitative estimate of drug-likeness (QED) is 0.363. The second kappa shape index (κ2) is 8.01. The molecular weight excluding hydrogens is 446 g/mol. The number of alkyl halides is 1. The molecule has 2 N–H and O–H groups in total. The highest BCUT2D eigenvalue weighted by Gasteiger charge is 2.52. The Morgan fingerprint density at radius 2 is 1.84 bits per heavy atom. The van der Waals surface area contributed by atoms with Crippen LogP contribution in [0.4, 0.5) is 17.1 Å². The number of carbonyl (C=O) groups is 1. The minimum atomic E-state index is -1.18. The molecule has 2 aromatic carbocycles. The van der Waals surface area contributed by atoms with E-state index in [0.29, 0.717) is 16.9 Å². The number of halogens is 1. The number of hydrogen-bond acceptors (Lipinski definition) is 7. The van der Waals surface area contributed by atoms with E-state index < -0.39 is 27.1 Å². The molecule has 0 bridgehead atoms. The topological polar surface area (TPSA) is 136 Å². The Morgan fingerprint density at radius 1 is 1.16 bits per heavy atom. The molecule has 31 heavy (non-hydrogen) atoms. The molecule has 0 aromatic heterocycles. The van der Waals surface area contributed by atoms with Crippen LogP contribution in [-0.4, -0.2) is 37.6 Å². The van der Waals surface area contributed by atoms with Crippen LogP contribution >= 0.6 is 23.4 Å². The third-order valence-corrected chi connectivity index (χ3v) is 8.11. The molecule has 5 atom stereocenters. The van der Waals surface area contributed by atoms with Gasteiger partial charge in [-0.05, 0) is 31.4 Å². The maximum Gasteiger partial charge on any atom is 0.337 e. The molecule has 9 nitrogen and oxygen atoms in total. The lowest BCUT2D eigenvalue weighted by atomic mass is 9.78. The van der Waals surface area contributed by atoms with Crippen molar-refractivity contribution in [2.45, 2.75) is 40.8 Å². The maximum atomic E-state index is 11.7. The van der Waals surface area contributed by atoms with Crippen molar-refractivity contribution in [3.8, 4) is 0 Å². The normalized spacial score (nSPS) is 26.5. The van der Waals surface area contributed by atoms with E-state index in [1.54, 1.807) is 18.2 Å². The van der Waals surface area contributed by atoms with Crippen LogP contribution in [0, 0.1) is 26.1 Å². The average Bonchev–Trinajstić information content (AvgIpc) is 3.04. The Labute approximate surface area is 186 Å². The Balaban J connectivity index is 1.77. The van der Waals surface area contributed by atoms with Gasteiger partial charge < -0.3 is 10.4 Å². The first-order valence-electron chi connectivity index (χ1n) is 9.56. The third kappa shape index (κ3) is 3.59. The Hall–Kier alpha value is -2.85. The molecule has 1 aliphatic carbocycles. The highest BCUT2D eigenvalue weighted by atomic mass is 35.5. The zero-order chi connectivity index (χ0) is 22.4. The van der Waals surface area contributed by atoms with Crippen molar-refractivity contribution in [3.63, 3.8) is 0 Å². The number of benzene rings is 2. The minimum absolute atomic E-state index is 0.0167. The number of nitro groups is 2. The van der Waals surface area contributed by atoms with Crippen LogP contribution in [0.1, 0.15) is 35.2 Å². The number of para-hydroxylation sites is 1. The summed E-state index contributed by atoms with van der Waals surface area (Å²) in [4.78, 5) is 34.4. The van der Waals surface area contributed by atoms with Gasteiger partial charge in [0.05, 0.1) is 36.9 Å². The molecule has 2 aliphatic rings. The van der Waals surface area contributed by atoms with E-state index in [4.69, 9.17) is 11.6 Å². The van der Waals surface area contributed by atoms with Crippen molar-refractivity contribution >= 4 is 46.4 Å². The van der Waals surface area contributed by atoms with Crippen LogP contribution in [0.25, 0.3) is 0 Å². The highest BCUT2D eigenvalue weighted by Crippen LogP contribution is 2.57. The molecule has 1 heterocycles. The fourth-order valence-corrected chi connectivity index (χ4v) is 6.59. The van der Waals surface area contributed by atoms with Crippen LogP contribution in [-0.2, 0) is 0 Å². The Morgan fingerprint density at radius 3 is 2.48 bits per heavy atom. The van der Waals surface area contributed by atoms with Crippen molar-refractivity contribution in [1.29, 1.82) is 0 Å². The first-order chi connectivity index (χ1) is 14.7. The monoisotopic (exact) mass is 463 g/mol. The standard InChI is InChI=1S/C20H18ClN3O6S/c1-9-11-8-15(31-14-5-3-2-4-12(14)23(27)28)18(21)16(11)17-13(24(29)30)7-6-10(20(25)26)19(17)22-9/h2-7,9,11,15-16,18,22H,8H2,1H3,(H,25,26)/t9-,11+,15-,16-,18-/m0/s1. The molecule has 11 heteroatoms. The molecule has 0 unspecified atom stereocenters. The number of nitrogens with one attached hydrogen (secondary N) is 1. The molecule has 1 saturated carbocycles. The summed E-state index contributed by atoms with van der Waals surface area (Å²) in [6.07, 6.45) is 0.581. The van der Waals surface area contributed by atoms with Crippen molar-refractivity contribution in [3.05, 3.63) is 67.8 Å². The molecule has 2 aromatic rings. The van der Waals surface area contributed by atoms with Gasteiger partial charge in [0.15, 0.2) is 0 Å². The number of nitrogens with zero attached hydrogens (tertiary/aromatic N) is 2. The molecule has 4 rings (SSSR count). The summed E-state index contributed by atoms with van der Waals surface area (Å²) in [5, 5.41) is 35.0. The zero-order valence-corrected chi connectivity index (χ0v) is 17.8. The summed E-state index contributed by atoms with van der Waals surface area (Å²) in [7, 11) is 0. The predicted molar refractivity (Wildman–Crippen MR) is 116 cm³/mol. The molecule has 0 radical (unpaired) electrons. The lowest BCUT2D eigenvalue weighted by Gasteiger charge is -2.36. The lowest BCUT2D eigenvalue weighted by Crippen LogP contribution is -2.36. The highest BCUT2D eigenvalue weighted by molar-refractivity contribution is 8.00. The van der Waals surface area contributed by atoms with Crippen LogP contribution < -0.4 is 5.32 Å². The number of nitro benzene ring substituents is 2. The summed E-state index contributed by atoms with van der Waals surface area (Å²) >= 11 is 8.14. The van der Waals surface area contributed by atoms with E-state index in [1.807, 2.05) is 6.92 Å². The first kappa shape index (κ1) is 21.4. The molecule has 0 amide bonds. The number of fused-ring (bicyclic) bond motifs is 3. The smallest absolute Gasteiger partial charge is 0.337 e. The van der Waals surface area contributed by atoms with Crippen molar-refractivity contribution < 1.29 is 19.7 Å². The lowest BCUT2D eigenvalue weighted by molar-refractivity contribution is -0.387. The summed E-state index contributed by atoms with van der Waals surface area (Å²) in [5.41, 5.74) is 0.314. The summed E-state index contributed by atoms with van der Waals surface area (Å²) in [5.74, 6) is -1.72. The largest absolute Gasteiger partial charge is 0.478 e. The maximum absolute atomic E-state index is 11.7. The van der Waals surface area contributed by atoms with E-state index in [-0.39, 0.29) is 39.8 Å². The fraction of sp³-hybridized carbons (Fsp3) is 0.350. The fourth-order valence-electron chi connectivity index (χ4n) is 4.66. The molecule has 1 aliphatic heterocycles. The molecular formula is C20H18ClN3O6S. The SMILES string of the molecule is C[C@@H]1Nc2c(C(=O)O)ccc([N+](=O)[O-])c2[C@H]2[C@@H](Cl)[C@@H](Sc3ccccc3[N+](=O)[O-])C[C@@H]21. The summed E-state index contributed by atoms with van der Waals surface area (Å²) in [6.45, 7) is 1.90. The van der Waals surface area contributed by atoms with Crippen LogP contribution in [0.3, 0.4) is 0 Å².